The van der Waals surface area contributed by atoms with Crippen molar-refractivity contribution in [1.29, 1.82) is 0 Å². The van der Waals surface area contributed by atoms with E-state index in [0.29, 0.717) is 47.8 Å². The molecular formula is C40H46N4O2+2. The van der Waals surface area contributed by atoms with Gasteiger partial charge in [0.2, 0.25) is 0 Å². The lowest BCUT2D eigenvalue weighted by molar-refractivity contribution is -0.925. The first-order valence-electron chi connectivity index (χ1n) is 18.5. The van der Waals surface area contributed by atoms with Crippen LogP contribution in [0, 0.1) is 23.7 Å². The Kier molecular flexibility index (Phi) is 4.22. The van der Waals surface area contributed by atoms with Gasteiger partial charge >= 0.3 is 0 Å². The van der Waals surface area contributed by atoms with E-state index in [2.05, 4.69) is 84.6 Å². The summed E-state index contributed by atoms with van der Waals surface area (Å²) in [5, 5.41) is 0. The maximum Gasteiger partial charge on any atom is 0.136 e. The summed E-state index contributed by atoms with van der Waals surface area (Å²) in [6.07, 6.45) is 10.4. The van der Waals surface area contributed by atoms with E-state index < -0.39 is 0 Å². The van der Waals surface area contributed by atoms with Crippen LogP contribution in [0.1, 0.15) is 36.8 Å². The zero-order chi connectivity index (χ0) is 29.9. The second-order valence-corrected chi connectivity index (χ2v) is 17.9. The van der Waals surface area contributed by atoms with Crippen molar-refractivity contribution in [1.82, 2.24) is 0 Å². The Morgan fingerprint density at radius 2 is 1.11 bits per heavy atom. The number of para-hydroxylation sites is 2. The van der Waals surface area contributed by atoms with Gasteiger partial charge in [0.15, 0.2) is 0 Å². The number of anilines is 2. The molecule has 2 saturated carbocycles. The standard InChI is InChI=1S/C40H46N4O2/c1-43-15-13-39-27-7-3-5-9-29(27)41-35(39)33-25(19-31(39)43)23(21-43)11-17-45-37(33)42-30-10-6-4-8-28(30)40-14-16-44(2)22-24-12-18-46-38(41)34(36(40)42)26(24)20-32(40)44/h3-12,25-26,31-38H,13-22H2,1-2H3/q+2/t25-,26-,31-,32-,33+,34+,35-,36-,37+,38+,39+,40+,43-,44-/m0/s1. The first kappa shape index (κ1) is 25.4. The zero-order valence-electron chi connectivity index (χ0n) is 27.2. The lowest BCUT2D eigenvalue weighted by atomic mass is 9.52. The minimum atomic E-state index is 0.0798. The third kappa shape index (κ3) is 2.41. The Morgan fingerprint density at radius 1 is 0.652 bits per heavy atom. The Morgan fingerprint density at radius 3 is 1.59 bits per heavy atom. The maximum absolute atomic E-state index is 7.44. The number of nitrogens with zero attached hydrogens (tertiary/aromatic N) is 4. The first-order valence-corrected chi connectivity index (χ1v) is 18.5. The predicted molar refractivity (Wildman–Crippen MR) is 176 cm³/mol. The van der Waals surface area contributed by atoms with Crippen molar-refractivity contribution in [3.63, 3.8) is 0 Å². The average molecular weight is 615 g/mol. The van der Waals surface area contributed by atoms with E-state index >= 15 is 0 Å². The summed E-state index contributed by atoms with van der Waals surface area (Å²) in [5.74, 6) is 1.97. The first-order chi connectivity index (χ1) is 22.5. The van der Waals surface area contributed by atoms with E-state index in [9.17, 15) is 0 Å². The highest BCUT2D eigenvalue weighted by Gasteiger charge is 2.80. The summed E-state index contributed by atoms with van der Waals surface area (Å²) >= 11 is 0. The number of hydrogen-bond donors (Lipinski definition) is 0. The van der Waals surface area contributed by atoms with Gasteiger partial charge in [-0.25, -0.2) is 0 Å². The Balaban J connectivity index is 1.15. The molecule has 2 aromatic rings. The van der Waals surface area contributed by atoms with E-state index in [-0.39, 0.29) is 23.3 Å². The summed E-state index contributed by atoms with van der Waals surface area (Å²) in [6.45, 7) is 6.48. The van der Waals surface area contributed by atoms with Crippen LogP contribution < -0.4 is 9.80 Å². The SMILES string of the molecule is C[N@+]12CC[C@@]34c5ccccc5N5[C@@H]6OCC=C7C[N@+]8(C)CC[C@]9%10c%11ccccc%11N([C@@H]%11OCC=C(C1)[C@H](C[C@@H]32)[C@@H]%11[C@H]54)[C@H]9[C@H]6[C@H]7C[C@@H]%108. The lowest BCUT2D eigenvalue weighted by Crippen LogP contribution is -2.77. The van der Waals surface area contributed by atoms with Crippen molar-refractivity contribution in [2.45, 2.75) is 73.1 Å². The van der Waals surface area contributed by atoms with E-state index in [1.807, 2.05) is 0 Å². The highest BCUT2D eigenvalue weighted by Crippen LogP contribution is 2.72. The predicted octanol–water partition coefficient (Wildman–Crippen LogP) is 4.56. The van der Waals surface area contributed by atoms with Crippen molar-refractivity contribution < 1.29 is 18.4 Å². The molecule has 6 heteroatoms. The number of piperidine rings is 2. The molecular weight excluding hydrogens is 568 g/mol. The summed E-state index contributed by atoms with van der Waals surface area (Å²) < 4.78 is 17.3. The van der Waals surface area contributed by atoms with Crippen molar-refractivity contribution in [2.24, 2.45) is 23.7 Å². The van der Waals surface area contributed by atoms with Gasteiger partial charge in [0.1, 0.15) is 37.6 Å². The summed E-state index contributed by atoms with van der Waals surface area (Å²) in [6, 6.07) is 21.5. The summed E-state index contributed by atoms with van der Waals surface area (Å²) in [7, 11) is 5.20. The fourth-order valence-corrected chi connectivity index (χ4v) is 15.7. The molecule has 0 aromatic heterocycles. The van der Waals surface area contributed by atoms with Crippen LogP contribution in [0.4, 0.5) is 11.4 Å². The molecule has 46 heavy (non-hydrogen) atoms. The highest BCUT2D eigenvalue weighted by atomic mass is 16.5. The van der Waals surface area contributed by atoms with Gasteiger partial charge in [0, 0.05) is 60.7 Å². The molecule has 236 valence electrons. The molecule has 9 aliphatic heterocycles. The monoisotopic (exact) mass is 614 g/mol. The number of quaternary nitrogens is 2. The van der Waals surface area contributed by atoms with Crippen LogP contribution in [-0.2, 0) is 20.3 Å². The number of ether oxygens (including phenoxy) is 2. The van der Waals surface area contributed by atoms with E-state index in [1.54, 1.807) is 22.3 Å². The molecule has 14 atom stereocenters. The third-order valence-electron chi connectivity index (χ3n) is 16.9. The summed E-state index contributed by atoms with van der Waals surface area (Å²) in [4.78, 5) is 5.96. The molecule has 2 spiro atoms. The topological polar surface area (TPSA) is 24.9 Å². The lowest BCUT2D eigenvalue weighted by Gasteiger charge is -2.65. The number of likely N-dealkylation sites (N-methyl/N-ethyl adjacent to an activating group) is 2. The Hall–Kier alpha value is -2.64. The molecule has 0 unspecified atom stereocenters. The van der Waals surface area contributed by atoms with Gasteiger partial charge in [0.25, 0.3) is 0 Å². The molecule has 5 saturated heterocycles. The average Bonchev–Trinajstić information content (AvgIpc) is 3.66. The minimum absolute atomic E-state index is 0.0798. The van der Waals surface area contributed by atoms with E-state index in [4.69, 9.17) is 9.47 Å². The Labute approximate surface area is 272 Å². The molecule has 7 fully saturated rings. The van der Waals surface area contributed by atoms with E-state index in [1.165, 1.54) is 72.2 Å². The van der Waals surface area contributed by atoms with Gasteiger partial charge in [-0.05, 0) is 34.4 Å². The molecule has 0 N–H and O–H groups in total. The van der Waals surface area contributed by atoms with Crippen LogP contribution in [0.3, 0.4) is 0 Å². The Bertz CT molecular complexity index is 1710. The van der Waals surface area contributed by atoms with Gasteiger partial charge in [0.05, 0.1) is 63.3 Å². The van der Waals surface area contributed by atoms with Crippen molar-refractivity contribution >= 4 is 11.4 Å². The quantitative estimate of drug-likeness (QED) is 0.321. The number of fused-ring (bicyclic) bond motifs is 6. The van der Waals surface area contributed by atoms with Crippen LogP contribution in [0.5, 0.6) is 0 Å². The molecule has 11 aliphatic rings. The molecule has 13 rings (SSSR count). The number of benzene rings is 2. The molecule has 0 amide bonds. The number of hydrogen-bond acceptors (Lipinski definition) is 4. The zero-order valence-corrected chi connectivity index (χ0v) is 27.2. The van der Waals surface area contributed by atoms with Crippen LogP contribution in [0.25, 0.3) is 0 Å². The molecule has 2 aliphatic carbocycles. The van der Waals surface area contributed by atoms with Crippen LogP contribution in [0.2, 0.25) is 0 Å². The molecule has 4 bridgehead atoms. The van der Waals surface area contributed by atoms with Crippen molar-refractivity contribution in [3.8, 4) is 0 Å². The van der Waals surface area contributed by atoms with Crippen LogP contribution >= 0.6 is 0 Å². The van der Waals surface area contributed by atoms with Gasteiger partial charge < -0.3 is 28.2 Å². The van der Waals surface area contributed by atoms with Crippen molar-refractivity contribution in [3.05, 3.63) is 83.0 Å². The van der Waals surface area contributed by atoms with E-state index in [0.717, 1.165) is 13.2 Å². The van der Waals surface area contributed by atoms with Gasteiger partial charge in [-0.2, -0.15) is 0 Å². The van der Waals surface area contributed by atoms with Gasteiger partial charge in [-0.3, -0.25) is 0 Å². The smallest absolute Gasteiger partial charge is 0.136 e. The highest BCUT2D eigenvalue weighted by molar-refractivity contribution is 5.71. The minimum Gasteiger partial charge on any atom is -0.354 e. The molecule has 9 heterocycles. The van der Waals surface area contributed by atoms with Crippen LogP contribution in [-0.4, -0.2) is 99.1 Å². The molecule has 2 aromatic carbocycles. The van der Waals surface area contributed by atoms with Gasteiger partial charge in [-0.1, -0.05) is 48.6 Å². The molecule has 6 nitrogen and oxygen atoms in total. The number of rotatable bonds is 0. The largest absolute Gasteiger partial charge is 0.354 e. The third-order valence-corrected chi connectivity index (χ3v) is 16.9. The van der Waals surface area contributed by atoms with Crippen molar-refractivity contribution in [2.75, 3.05) is 63.3 Å². The normalized spacial score (nSPS) is 53.3. The second kappa shape index (κ2) is 7.64. The second-order valence-electron chi connectivity index (χ2n) is 17.9. The fraction of sp³-hybridized carbons (Fsp3) is 0.600. The van der Waals surface area contributed by atoms with Gasteiger partial charge in [-0.15, -0.1) is 0 Å². The molecule has 0 radical (unpaired) electrons. The summed E-state index contributed by atoms with van der Waals surface area (Å²) in [5.41, 5.74) is 9.97. The van der Waals surface area contributed by atoms with Crippen LogP contribution in [0.15, 0.2) is 71.8 Å². The fourth-order valence-electron chi connectivity index (χ4n) is 15.7. The maximum atomic E-state index is 7.44.